The molecular weight excluding hydrogens is 171 g/mol. The SMILES string of the molecule is CONCc1ccc(C#N)cc1F. The van der Waals surface area contributed by atoms with Crippen molar-refractivity contribution in [2.24, 2.45) is 0 Å². The predicted molar refractivity (Wildman–Crippen MR) is 45.0 cm³/mol. The first-order valence-corrected chi connectivity index (χ1v) is 3.72. The third kappa shape index (κ3) is 2.51. The van der Waals surface area contributed by atoms with E-state index in [1.54, 1.807) is 12.1 Å². The van der Waals surface area contributed by atoms with Gasteiger partial charge in [0.15, 0.2) is 0 Å². The summed E-state index contributed by atoms with van der Waals surface area (Å²) >= 11 is 0. The van der Waals surface area contributed by atoms with Crippen molar-refractivity contribution < 1.29 is 9.23 Å². The fraction of sp³-hybridized carbons (Fsp3) is 0.222. The van der Waals surface area contributed by atoms with Gasteiger partial charge >= 0.3 is 0 Å². The van der Waals surface area contributed by atoms with Gasteiger partial charge in [0.1, 0.15) is 5.82 Å². The van der Waals surface area contributed by atoms with E-state index in [9.17, 15) is 4.39 Å². The van der Waals surface area contributed by atoms with Crippen molar-refractivity contribution in [3.05, 3.63) is 35.1 Å². The van der Waals surface area contributed by atoms with Crippen molar-refractivity contribution in [3.8, 4) is 6.07 Å². The Kier molecular flexibility index (Phi) is 3.38. The van der Waals surface area contributed by atoms with Crippen molar-refractivity contribution in [1.82, 2.24) is 5.48 Å². The van der Waals surface area contributed by atoms with E-state index in [0.29, 0.717) is 11.1 Å². The minimum atomic E-state index is -0.399. The van der Waals surface area contributed by atoms with Crippen LogP contribution < -0.4 is 5.48 Å². The molecule has 0 aliphatic heterocycles. The minimum absolute atomic E-state index is 0.286. The molecule has 0 heterocycles. The molecule has 4 heteroatoms. The Balaban J connectivity index is 2.81. The topological polar surface area (TPSA) is 45.0 Å². The summed E-state index contributed by atoms with van der Waals surface area (Å²) in [6.45, 7) is 0.286. The van der Waals surface area contributed by atoms with E-state index < -0.39 is 5.82 Å². The van der Waals surface area contributed by atoms with Gasteiger partial charge < -0.3 is 4.84 Å². The molecule has 0 radical (unpaired) electrons. The molecule has 0 aromatic heterocycles. The molecule has 3 nitrogen and oxygen atoms in total. The Labute approximate surface area is 75.7 Å². The maximum atomic E-state index is 13.1. The molecule has 0 unspecified atom stereocenters. The van der Waals surface area contributed by atoms with Gasteiger partial charge in [-0.3, -0.25) is 0 Å². The molecule has 1 aromatic rings. The molecule has 0 aliphatic rings. The highest BCUT2D eigenvalue weighted by molar-refractivity contribution is 5.32. The molecule has 1 N–H and O–H groups in total. The highest BCUT2D eigenvalue weighted by Gasteiger charge is 2.02. The fourth-order valence-corrected chi connectivity index (χ4v) is 0.910. The van der Waals surface area contributed by atoms with Gasteiger partial charge in [0.05, 0.1) is 18.7 Å². The van der Waals surface area contributed by atoms with Gasteiger partial charge in [-0.15, -0.1) is 0 Å². The summed E-state index contributed by atoms with van der Waals surface area (Å²) in [5.74, 6) is -0.399. The van der Waals surface area contributed by atoms with Gasteiger partial charge in [-0.1, -0.05) is 6.07 Å². The van der Waals surface area contributed by atoms with Crippen LogP contribution in [0.3, 0.4) is 0 Å². The van der Waals surface area contributed by atoms with Gasteiger partial charge in [0.2, 0.25) is 0 Å². The third-order valence-corrected chi connectivity index (χ3v) is 1.59. The van der Waals surface area contributed by atoms with Gasteiger partial charge in [0, 0.05) is 12.1 Å². The van der Waals surface area contributed by atoms with Crippen molar-refractivity contribution in [2.45, 2.75) is 6.54 Å². The van der Waals surface area contributed by atoms with Crippen LogP contribution in [0.4, 0.5) is 4.39 Å². The average molecular weight is 180 g/mol. The average Bonchev–Trinajstić information content (AvgIpc) is 2.16. The summed E-state index contributed by atoms with van der Waals surface area (Å²) in [4.78, 5) is 4.58. The van der Waals surface area contributed by atoms with Gasteiger partial charge in [-0.2, -0.15) is 10.7 Å². The summed E-state index contributed by atoms with van der Waals surface area (Å²) in [6, 6.07) is 6.18. The maximum absolute atomic E-state index is 13.1. The number of benzene rings is 1. The van der Waals surface area contributed by atoms with Crippen LogP contribution in [-0.2, 0) is 11.4 Å². The summed E-state index contributed by atoms with van der Waals surface area (Å²) in [5.41, 5.74) is 3.31. The van der Waals surface area contributed by atoms with Gasteiger partial charge in [0.25, 0.3) is 0 Å². The lowest BCUT2D eigenvalue weighted by atomic mass is 10.1. The zero-order chi connectivity index (χ0) is 9.68. The summed E-state index contributed by atoms with van der Waals surface area (Å²) in [7, 11) is 1.46. The van der Waals surface area contributed by atoms with E-state index in [2.05, 4.69) is 10.3 Å². The zero-order valence-electron chi connectivity index (χ0n) is 7.17. The van der Waals surface area contributed by atoms with Crippen LogP contribution in [0.25, 0.3) is 0 Å². The molecule has 0 amide bonds. The fourth-order valence-electron chi connectivity index (χ4n) is 0.910. The number of nitrogens with one attached hydrogen (secondary N) is 1. The monoisotopic (exact) mass is 180 g/mol. The first kappa shape index (κ1) is 9.65. The predicted octanol–water partition coefficient (Wildman–Crippen LogP) is 1.35. The van der Waals surface area contributed by atoms with Gasteiger partial charge in [-0.05, 0) is 12.1 Å². The standard InChI is InChI=1S/C9H9FN2O/c1-13-12-6-8-3-2-7(5-11)4-9(8)10/h2-4,12H,6H2,1H3. The normalized spacial score (nSPS) is 9.62. The van der Waals surface area contributed by atoms with Crippen LogP contribution in [0.1, 0.15) is 11.1 Å². The molecule has 0 spiro atoms. The van der Waals surface area contributed by atoms with Crippen molar-refractivity contribution >= 4 is 0 Å². The van der Waals surface area contributed by atoms with E-state index >= 15 is 0 Å². The van der Waals surface area contributed by atoms with Gasteiger partial charge in [-0.25, -0.2) is 4.39 Å². The number of nitriles is 1. The molecule has 0 bridgehead atoms. The van der Waals surface area contributed by atoms with Crippen molar-refractivity contribution in [3.63, 3.8) is 0 Å². The molecule has 0 saturated heterocycles. The van der Waals surface area contributed by atoms with Crippen LogP contribution in [0.15, 0.2) is 18.2 Å². The third-order valence-electron chi connectivity index (χ3n) is 1.59. The first-order chi connectivity index (χ1) is 6.27. The zero-order valence-corrected chi connectivity index (χ0v) is 7.17. The Hall–Kier alpha value is -1.44. The molecule has 0 aliphatic carbocycles. The maximum Gasteiger partial charge on any atom is 0.129 e. The van der Waals surface area contributed by atoms with E-state index in [-0.39, 0.29) is 6.54 Å². The number of nitrogens with zero attached hydrogens (tertiary/aromatic N) is 1. The molecule has 0 saturated carbocycles. The number of rotatable bonds is 3. The van der Waals surface area contributed by atoms with E-state index in [1.165, 1.54) is 13.2 Å². The molecular formula is C9H9FN2O. The second kappa shape index (κ2) is 4.55. The Morgan fingerprint density at radius 2 is 2.38 bits per heavy atom. The summed E-state index contributed by atoms with van der Waals surface area (Å²) < 4.78 is 13.1. The molecule has 0 fully saturated rings. The highest BCUT2D eigenvalue weighted by Crippen LogP contribution is 2.09. The number of halogens is 1. The molecule has 13 heavy (non-hydrogen) atoms. The number of hydrogen-bond acceptors (Lipinski definition) is 3. The van der Waals surface area contributed by atoms with Crippen LogP contribution in [0.2, 0.25) is 0 Å². The smallest absolute Gasteiger partial charge is 0.129 e. The summed E-state index contributed by atoms with van der Waals surface area (Å²) in [6.07, 6.45) is 0. The molecule has 1 rings (SSSR count). The quantitative estimate of drug-likeness (QED) is 0.714. The Morgan fingerprint density at radius 1 is 1.62 bits per heavy atom. The molecule has 1 aromatic carbocycles. The number of hydroxylamine groups is 1. The first-order valence-electron chi connectivity index (χ1n) is 3.72. The second-order valence-corrected chi connectivity index (χ2v) is 2.44. The highest BCUT2D eigenvalue weighted by atomic mass is 19.1. The largest absolute Gasteiger partial charge is 0.305 e. The molecule has 0 atom stereocenters. The summed E-state index contributed by atoms with van der Waals surface area (Å²) in [5, 5.41) is 8.47. The van der Waals surface area contributed by atoms with E-state index in [4.69, 9.17) is 5.26 Å². The lowest BCUT2D eigenvalue weighted by Crippen LogP contribution is -2.11. The Bertz CT molecular complexity index is 333. The van der Waals surface area contributed by atoms with Crippen LogP contribution in [-0.4, -0.2) is 7.11 Å². The molecule has 68 valence electrons. The minimum Gasteiger partial charge on any atom is -0.305 e. The second-order valence-electron chi connectivity index (χ2n) is 2.44. The number of hydrogen-bond donors (Lipinski definition) is 1. The lowest BCUT2D eigenvalue weighted by Gasteiger charge is -2.03. The van der Waals surface area contributed by atoms with Crippen molar-refractivity contribution in [2.75, 3.05) is 7.11 Å². The lowest BCUT2D eigenvalue weighted by molar-refractivity contribution is 0.0859. The van der Waals surface area contributed by atoms with Crippen LogP contribution >= 0.6 is 0 Å². The van der Waals surface area contributed by atoms with Crippen LogP contribution in [0.5, 0.6) is 0 Å². The van der Waals surface area contributed by atoms with E-state index in [0.717, 1.165) is 0 Å². The van der Waals surface area contributed by atoms with Crippen molar-refractivity contribution in [1.29, 1.82) is 5.26 Å². The van der Waals surface area contributed by atoms with E-state index in [1.807, 2.05) is 6.07 Å². The Morgan fingerprint density at radius 3 is 2.92 bits per heavy atom. The van der Waals surface area contributed by atoms with Crippen LogP contribution in [0, 0.1) is 17.1 Å².